The highest BCUT2D eigenvalue weighted by molar-refractivity contribution is 6.32. The standard InChI is InChI=1S/C14H16ClFN2O/c1-2-7-18(11-5-3-4-6-11)14(19)12-8-10(16)9-17-13(12)15/h2,8-9,11H,1,3-7H2. The molecule has 3 nitrogen and oxygen atoms in total. The van der Waals surface area contributed by atoms with Gasteiger partial charge < -0.3 is 4.90 Å². The van der Waals surface area contributed by atoms with E-state index in [1.807, 2.05) is 0 Å². The summed E-state index contributed by atoms with van der Waals surface area (Å²) in [6.45, 7) is 4.11. The second-order valence-electron chi connectivity index (χ2n) is 4.68. The summed E-state index contributed by atoms with van der Waals surface area (Å²) in [5.74, 6) is -0.832. The molecule has 2 rings (SSSR count). The van der Waals surface area contributed by atoms with Gasteiger partial charge in [-0.3, -0.25) is 4.79 Å². The first kappa shape index (κ1) is 14.0. The molecule has 0 spiro atoms. The van der Waals surface area contributed by atoms with Crippen molar-refractivity contribution < 1.29 is 9.18 Å². The normalized spacial score (nSPS) is 15.5. The third-order valence-corrected chi connectivity index (χ3v) is 3.69. The maximum Gasteiger partial charge on any atom is 0.257 e. The molecule has 0 saturated heterocycles. The van der Waals surface area contributed by atoms with Crippen LogP contribution in [0.25, 0.3) is 0 Å². The van der Waals surface area contributed by atoms with Crippen LogP contribution in [-0.4, -0.2) is 28.4 Å². The maximum absolute atomic E-state index is 13.2. The van der Waals surface area contributed by atoms with Crippen molar-refractivity contribution in [3.05, 3.63) is 41.5 Å². The second-order valence-corrected chi connectivity index (χ2v) is 5.03. The van der Waals surface area contributed by atoms with E-state index in [2.05, 4.69) is 11.6 Å². The second kappa shape index (κ2) is 6.15. The monoisotopic (exact) mass is 282 g/mol. The van der Waals surface area contributed by atoms with Crippen molar-refractivity contribution in [2.45, 2.75) is 31.7 Å². The molecule has 19 heavy (non-hydrogen) atoms. The average molecular weight is 283 g/mol. The van der Waals surface area contributed by atoms with Gasteiger partial charge in [-0.15, -0.1) is 6.58 Å². The van der Waals surface area contributed by atoms with Crippen LogP contribution in [0.5, 0.6) is 0 Å². The molecule has 0 atom stereocenters. The summed E-state index contributed by atoms with van der Waals surface area (Å²) in [6.07, 6.45) is 6.85. The Kier molecular flexibility index (Phi) is 4.53. The van der Waals surface area contributed by atoms with Crippen molar-refractivity contribution in [2.75, 3.05) is 6.54 Å². The number of nitrogens with zero attached hydrogens (tertiary/aromatic N) is 2. The largest absolute Gasteiger partial charge is 0.332 e. The summed E-state index contributed by atoms with van der Waals surface area (Å²) in [4.78, 5) is 17.9. The van der Waals surface area contributed by atoms with Gasteiger partial charge in [-0.25, -0.2) is 9.37 Å². The summed E-state index contributed by atoms with van der Waals surface area (Å²) in [6, 6.07) is 1.33. The van der Waals surface area contributed by atoms with Crippen molar-refractivity contribution in [1.29, 1.82) is 0 Å². The van der Waals surface area contributed by atoms with Crippen molar-refractivity contribution in [3.8, 4) is 0 Å². The molecule has 0 aromatic carbocycles. The summed E-state index contributed by atoms with van der Waals surface area (Å²) >= 11 is 5.89. The van der Waals surface area contributed by atoms with Gasteiger partial charge in [0.15, 0.2) is 0 Å². The van der Waals surface area contributed by atoms with Crippen LogP contribution in [0, 0.1) is 5.82 Å². The SMILES string of the molecule is C=CCN(C(=O)c1cc(F)cnc1Cl)C1CCCC1. The summed E-state index contributed by atoms with van der Waals surface area (Å²) in [7, 11) is 0. The van der Waals surface area contributed by atoms with E-state index in [1.54, 1.807) is 11.0 Å². The Bertz CT molecular complexity index is 486. The van der Waals surface area contributed by atoms with E-state index in [0.717, 1.165) is 37.9 Å². The lowest BCUT2D eigenvalue weighted by atomic mass is 10.1. The molecule has 5 heteroatoms. The van der Waals surface area contributed by atoms with Gasteiger partial charge in [0.25, 0.3) is 5.91 Å². The van der Waals surface area contributed by atoms with Gasteiger partial charge in [0.2, 0.25) is 0 Å². The number of hydrogen-bond donors (Lipinski definition) is 0. The highest BCUT2D eigenvalue weighted by atomic mass is 35.5. The van der Waals surface area contributed by atoms with Crippen molar-refractivity contribution in [3.63, 3.8) is 0 Å². The average Bonchev–Trinajstić information content (AvgIpc) is 2.92. The predicted molar refractivity (Wildman–Crippen MR) is 72.7 cm³/mol. The third kappa shape index (κ3) is 3.13. The molecule has 1 aliphatic carbocycles. The fraction of sp³-hybridized carbons (Fsp3) is 0.429. The number of halogens is 2. The predicted octanol–water partition coefficient (Wildman–Crippen LogP) is 3.44. The Morgan fingerprint density at radius 1 is 1.58 bits per heavy atom. The highest BCUT2D eigenvalue weighted by Gasteiger charge is 2.28. The number of carbonyl (C=O) groups excluding carboxylic acids is 1. The topological polar surface area (TPSA) is 33.2 Å². The number of aromatic nitrogens is 1. The zero-order chi connectivity index (χ0) is 13.8. The van der Waals surface area contributed by atoms with E-state index in [9.17, 15) is 9.18 Å². The molecule has 0 bridgehead atoms. The molecule has 0 N–H and O–H groups in total. The number of pyridine rings is 1. The van der Waals surface area contributed by atoms with E-state index >= 15 is 0 Å². The van der Waals surface area contributed by atoms with Crippen LogP contribution in [0.4, 0.5) is 4.39 Å². The summed E-state index contributed by atoms with van der Waals surface area (Å²) in [5.41, 5.74) is 0.121. The molecule has 1 aromatic heterocycles. The van der Waals surface area contributed by atoms with Gasteiger partial charge in [-0.1, -0.05) is 30.5 Å². The van der Waals surface area contributed by atoms with Gasteiger partial charge in [0.1, 0.15) is 11.0 Å². The van der Waals surface area contributed by atoms with Crippen LogP contribution in [0.2, 0.25) is 5.15 Å². The Hall–Kier alpha value is -1.42. The summed E-state index contributed by atoms with van der Waals surface area (Å²) in [5, 5.41) is 0.0402. The number of carbonyl (C=O) groups is 1. The molecule has 1 fully saturated rings. The van der Waals surface area contributed by atoms with Crippen molar-refractivity contribution in [2.24, 2.45) is 0 Å². The molecule has 1 aromatic rings. The molecule has 0 unspecified atom stereocenters. The Morgan fingerprint density at radius 2 is 2.26 bits per heavy atom. The Labute approximate surface area is 117 Å². The quantitative estimate of drug-likeness (QED) is 0.626. The van der Waals surface area contributed by atoms with Gasteiger partial charge in [0.05, 0.1) is 11.8 Å². The maximum atomic E-state index is 13.2. The number of amides is 1. The van der Waals surface area contributed by atoms with Crippen molar-refractivity contribution in [1.82, 2.24) is 9.88 Å². The van der Waals surface area contributed by atoms with Crippen LogP contribution in [0.15, 0.2) is 24.9 Å². The number of rotatable bonds is 4. The fourth-order valence-corrected chi connectivity index (χ4v) is 2.66. The van der Waals surface area contributed by atoms with Gasteiger partial charge in [0, 0.05) is 12.6 Å². The molecule has 1 saturated carbocycles. The first-order valence-electron chi connectivity index (χ1n) is 6.36. The third-order valence-electron chi connectivity index (χ3n) is 3.39. The molecule has 1 heterocycles. The van der Waals surface area contributed by atoms with Crippen molar-refractivity contribution >= 4 is 17.5 Å². The van der Waals surface area contributed by atoms with Gasteiger partial charge in [-0.2, -0.15) is 0 Å². The zero-order valence-corrected chi connectivity index (χ0v) is 11.4. The smallest absolute Gasteiger partial charge is 0.257 e. The minimum absolute atomic E-state index is 0.0402. The number of hydrogen-bond acceptors (Lipinski definition) is 2. The van der Waals surface area contributed by atoms with E-state index < -0.39 is 5.82 Å². The zero-order valence-electron chi connectivity index (χ0n) is 10.6. The molecule has 1 aliphatic rings. The lowest BCUT2D eigenvalue weighted by Crippen LogP contribution is -2.39. The lowest BCUT2D eigenvalue weighted by Gasteiger charge is -2.28. The minimum atomic E-state index is -0.558. The van der Waals surface area contributed by atoms with Gasteiger partial charge in [-0.05, 0) is 18.9 Å². The molecule has 0 radical (unpaired) electrons. The first-order chi connectivity index (χ1) is 9.13. The molecule has 0 aliphatic heterocycles. The van der Waals surface area contributed by atoms with E-state index in [-0.39, 0.29) is 22.7 Å². The van der Waals surface area contributed by atoms with E-state index in [0.29, 0.717) is 6.54 Å². The van der Waals surface area contributed by atoms with E-state index in [4.69, 9.17) is 11.6 Å². The Balaban J connectivity index is 2.27. The van der Waals surface area contributed by atoms with E-state index in [1.165, 1.54) is 0 Å². The van der Waals surface area contributed by atoms with Crippen LogP contribution in [-0.2, 0) is 0 Å². The van der Waals surface area contributed by atoms with Crippen LogP contribution in [0.1, 0.15) is 36.0 Å². The van der Waals surface area contributed by atoms with Gasteiger partial charge >= 0.3 is 0 Å². The Morgan fingerprint density at radius 3 is 2.89 bits per heavy atom. The molecule has 102 valence electrons. The van der Waals surface area contributed by atoms with Crippen LogP contribution in [0.3, 0.4) is 0 Å². The minimum Gasteiger partial charge on any atom is -0.332 e. The fourth-order valence-electron chi connectivity index (χ4n) is 2.48. The molecule has 1 amide bonds. The highest BCUT2D eigenvalue weighted by Crippen LogP contribution is 2.26. The summed E-state index contributed by atoms with van der Waals surface area (Å²) < 4.78 is 13.2. The first-order valence-corrected chi connectivity index (χ1v) is 6.74. The molecular weight excluding hydrogens is 267 g/mol. The molecular formula is C14H16ClFN2O. The van der Waals surface area contributed by atoms with Crippen LogP contribution < -0.4 is 0 Å². The van der Waals surface area contributed by atoms with Crippen LogP contribution >= 0.6 is 11.6 Å². The lowest BCUT2D eigenvalue weighted by molar-refractivity contribution is 0.0705.